The van der Waals surface area contributed by atoms with Gasteiger partial charge in [0.15, 0.2) is 4.80 Å². The Morgan fingerprint density at radius 2 is 1.96 bits per heavy atom. The molecule has 0 saturated heterocycles. The minimum absolute atomic E-state index is 0.115. The third-order valence-corrected chi connectivity index (χ3v) is 6.51. The summed E-state index contributed by atoms with van der Waals surface area (Å²) in [5.41, 5.74) is 2.46. The SMILES string of the molecule is CCCn1c(=NC(=O)CSc2ccc(Cl)cc2)sc2cc(C(C)C)ccc21. The van der Waals surface area contributed by atoms with Gasteiger partial charge in [-0.2, -0.15) is 4.99 Å². The Hall–Kier alpha value is -1.56. The number of rotatable bonds is 6. The Morgan fingerprint density at radius 1 is 1.22 bits per heavy atom. The van der Waals surface area contributed by atoms with E-state index in [1.165, 1.54) is 22.0 Å². The van der Waals surface area contributed by atoms with Gasteiger partial charge in [0.2, 0.25) is 0 Å². The lowest BCUT2D eigenvalue weighted by Crippen LogP contribution is -2.17. The fraction of sp³-hybridized carbons (Fsp3) is 0.333. The summed E-state index contributed by atoms with van der Waals surface area (Å²) in [5, 5.41) is 0.696. The van der Waals surface area contributed by atoms with E-state index in [4.69, 9.17) is 11.6 Å². The number of thioether (sulfide) groups is 1. The summed E-state index contributed by atoms with van der Waals surface area (Å²) >= 11 is 8.98. The van der Waals surface area contributed by atoms with Crippen LogP contribution in [-0.2, 0) is 11.3 Å². The highest BCUT2D eigenvalue weighted by atomic mass is 35.5. The highest BCUT2D eigenvalue weighted by Gasteiger charge is 2.10. The molecule has 0 saturated carbocycles. The number of benzene rings is 2. The first kappa shape index (κ1) is 20.2. The van der Waals surface area contributed by atoms with Crippen LogP contribution in [0, 0.1) is 0 Å². The fourth-order valence-corrected chi connectivity index (χ4v) is 4.72. The van der Waals surface area contributed by atoms with E-state index in [0.717, 1.165) is 28.2 Å². The van der Waals surface area contributed by atoms with Crippen molar-refractivity contribution in [2.75, 3.05) is 5.75 Å². The highest BCUT2D eigenvalue weighted by Crippen LogP contribution is 2.24. The first-order valence-corrected chi connectivity index (χ1v) is 11.2. The van der Waals surface area contributed by atoms with Crippen molar-refractivity contribution < 1.29 is 4.79 Å². The molecule has 0 spiro atoms. The van der Waals surface area contributed by atoms with Gasteiger partial charge in [0.25, 0.3) is 5.91 Å². The molecule has 0 fully saturated rings. The van der Waals surface area contributed by atoms with Crippen molar-refractivity contribution in [2.24, 2.45) is 4.99 Å². The van der Waals surface area contributed by atoms with Crippen molar-refractivity contribution in [1.29, 1.82) is 0 Å². The van der Waals surface area contributed by atoms with Gasteiger partial charge in [0.1, 0.15) is 0 Å². The Bertz CT molecular complexity index is 1000. The Kier molecular flexibility index (Phi) is 6.79. The number of fused-ring (bicyclic) bond motifs is 1. The average Bonchev–Trinajstić information content (AvgIpc) is 2.98. The van der Waals surface area contributed by atoms with E-state index in [0.29, 0.717) is 16.7 Å². The van der Waals surface area contributed by atoms with Crippen LogP contribution in [0.2, 0.25) is 5.02 Å². The molecule has 3 aromatic rings. The van der Waals surface area contributed by atoms with Gasteiger partial charge >= 0.3 is 0 Å². The quantitative estimate of drug-likeness (QED) is 0.452. The van der Waals surface area contributed by atoms with E-state index in [2.05, 4.69) is 48.5 Å². The molecule has 0 aliphatic carbocycles. The minimum atomic E-state index is -0.115. The zero-order valence-corrected chi connectivity index (χ0v) is 18.1. The van der Waals surface area contributed by atoms with E-state index < -0.39 is 0 Å². The van der Waals surface area contributed by atoms with Gasteiger partial charge in [-0.05, 0) is 54.3 Å². The van der Waals surface area contributed by atoms with Crippen molar-refractivity contribution in [1.82, 2.24) is 4.57 Å². The van der Waals surface area contributed by atoms with Crippen molar-refractivity contribution in [2.45, 2.75) is 44.6 Å². The molecule has 1 aromatic heterocycles. The normalized spacial score (nSPS) is 12.3. The van der Waals surface area contributed by atoms with Crippen LogP contribution in [0.4, 0.5) is 0 Å². The second-order valence-electron chi connectivity index (χ2n) is 6.67. The third-order valence-electron chi connectivity index (χ3n) is 4.22. The van der Waals surface area contributed by atoms with Crippen LogP contribution in [0.3, 0.4) is 0 Å². The smallest absolute Gasteiger partial charge is 0.258 e. The first-order valence-electron chi connectivity index (χ1n) is 9.07. The van der Waals surface area contributed by atoms with Gasteiger partial charge in [-0.3, -0.25) is 4.79 Å². The summed E-state index contributed by atoms with van der Waals surface area (Å²) in [6.45, 7) is 7.38. The van der Waals surface area contributed by atoms with Crippen LogP contribution in [0.15, 0.2) is 52.4 Å². The predicted octanol–water partition coefficient (Wildman–Crippen LogP) is 6.11. The Balaban J connectivity index is 1.87. The molecule has 0 aliphatic rings. The Labute approximate surface area is 173 Å². The average molecular weight is 419 g/mol. The summed E-state index contributed by atoms with van der Waals surface area (Å²) in [6.07, 6.45) is 0.999. The summed E-state index contributed by atoms with van der Waals surface area (Å²) in [4.78, 5) is 18.7. The van der Waals surface area contributed by atoms with Gasteiger partial charge in [0.05, 0.1) is 16.0 Å². The second kappa shape index (κ2) is 9.09. The van der Waals surface area contributed by atoms with Crippen LogP contribution in [0.1, 0.15) is 38.7 Å². The molecule has 0 unspecified atom stereocenters. The molecule has 0 bridgehead atoms. The minimum Gasteiger partial charge on any atom is -0.316 e. The van der Waals surface area contributed by atoms with E-state index in [9.17, 15) is 4.79 Å². The maximum Gasteiger partial charge on any atom is 0.258 e. The van der Waals surface area contributed by atoms with E-state index in [1.54, 1.807) is 11.3 Å². The van der Waals surface area contributed by atoms with Gasteiger partial charge in [0, 0.05) is 16.5 Å². The fourth-order valence-electron chi connectivity index (χ4n) is 2.79. The van der Waals surface area contributed by atoms with E-state index >= 15 is 0 Å². The van der Waals surface area contributed by atoms with Crippen molar-refractivity contribution in [3.63, 3.8) is 0 Å². The number of nitrogens with zero attached hydrogens (tertiary/aromatic N) is 2. The molecule has 1 amide bonds. The lowest BCUT2D eigenvalue weighted by atomic mass is 10.0. The molecule has 0 aliphatic heterocycles. The summed E-state index contributed by atoms with van der Waals surface area (Å²) in [7, 11) is 0. The highest BCUT2D eigenvalue weighted by molar-refractivity contribution is 8.00. The number of carbonyl (C=O) groups excluding carboxylic acids is 1. The number of carbonyl (C=O) groups is 1. The van der Waals surface area contributed by atoms with Crippen molar-refractivity contribution in [3.8, 4) is 0 Å². The number of thiazole rings is 1. The Morgan fingerprint density at radius 3 is 2.63 bits per heavy atom. The van der Waals surface area contributed by atoms with Crippen LogP contribution in [-0.4, -0.2) is 16.2 Å². The number of halogens is 1. The molecule has 2 aromatic carbocycles. The number of hydrogen-bond acceptors (Lipinski definition) is 3. The van der Waals surface area contributed by atoms with Crippen molar-refractivity contribution >= 4 is 50.8 Å². The van der Waals surface area contributed by atoms with Crippen LogP contribution < -0.4 is 4.80 Å². The molecule has 142 valence electrons. The van der Waals surface area contributed by atoms with Gasteiger partial charge in [-0.1, -0.05) is 49.8 Å². The monoisotopic (exact) mass is 418 g/mol. The third kappa shape index (κ3) is 5.03. The maximum absolute atomic E-state index is 12.4. The molecular formula is C21H23ClN2OS2. The van der Waals surface area contributed by atoms with Crippen LogP contribution in [0.5, 0.6) is 0 Å². The first-order chi connectivity index (χ1) is 13.0. The van der Waals surface area contributed by atoms with Crippen LogP contribution >= 0.6 is 34.7 Å². The number of aromatic nitrogens is 1. The molecule has 0 radical (unpaired) electrons. The lowest BCUT2D eigenvalue weighted by Gasteiger charge is -2.06. The molecule has 27 heavy (non-hydrogen) atoms. The van der Waals surface area contributed by atoms with Gasteiger partial charge < -0.3 is 4.57 Å². The molecule has 0 atom stereocenters. The van der Waals surface area contributed by atoms with Crippen LogP contribution in [0.25, 0.3) is 10.2 Å². The van der Waals surface area contributed by atoms with Gasteiger partial charge in [-0.25, -0.2) is 0 Å². The molecule has 3 rings (SSSR count). The molecule has 1 heterocycles. The zero-order valence-electron chi connectivity index (χ0n) is 15.7. The molecular weight excluding hydrogens is 396 g/mol. The largest absolute Gasteiger partial charge is 0.316 e. The zero-order chi connectivity index (χ0) is 19.4. The summed E-state index contributed by atoms with van der Waals surface area (Å²) < 4.78 is 3.35. The van der Waals surface area contributed by atoms with Gasteiger partial charge in [-0.15, -0.1) is 11.8 Å². The standard InChI is InChI=1S/C21H23ClN2OS2/c1-4-11-24-18-10-5-15(14(2)3)12-19(18)27-21(24)23-20(25)13-26-17-8-6-16(22)7-9-17/h5-10,12,14H,4,11,13H2,1-3H3. The second-order valence-corrected chi connectivity index (χ2v) is 9.16. The molecule has 3 nitrogen and oxygen atoms in total. The van der Waals surface area contributed by atoms with E-state index in [-0.39, 0.29) is 5.91 Å². The van der Waals surface area contributed by atoms with Crippen molar-refractivity contribution in [3.05, 3.63) is 57.9 Å². The molecule has 0 N–H and O–H groups in total. The summed E-state index contributed by atoms with van der Waals surface area (Å²) in [5.74, 6) is 0.684. The number of aryl methyl sites for hydroxylation is 1. The topological polar surface area (TPSA) is 34.4 Å². The number of hydrogen-bond donors (Lipinski definition) is 0. The van der Waals surface area contributed by atoms with E-state index in [1.807, 2.05) is 24.3 Å². The lowest BCUT2D eigenvalue weighted by molar-refractivity contribution is -0.115. The predicted molar refractivity (Wildman–Crippen MR) is 117 cm³/mol. The maximum atomic E-state index is 12.4. The number of amides is 1. The molecule has 6 heteroatoms. The summed E-state index contributed by atoms with van der Waals surface area (Å²) in [6, 6.07) is 14.1.